The second-order valence-electron chi connectivity index (χ2n) is 5.78. The summed E-state index contributed by atoms with van der Waals surface area (Å²) in [5.74, 6) is 0.935. The summed E-state index contributed by atoms with van der Waals surface area (Å²) in [5.41, 5.74) is 6.93. The molecule has 1 aliphatic heterocycles. The largest absolute Gasteiger partial charge is 0.497 e. The summed E-state index contributed by atoms with van der Waals surface area (Å²) in [6, 6.07) is 8.43. The maximum absolute atomic E-state index is 5.54. The first-order valence-corrected chi connectivity index (χ1v) is 8.09. The molecule has 0 unspecified atom stereocenters. The number of rotatable bonds is 8. The molecular weight excluding hydrogens is 262 g/mol. The second kappa shape index (κ2) is 9.03. The average Bonchev–Trinajstić information content (AvgIpc) is 2.55. The van der Waals surface area contributed by atoms with Crippen LogP contribution in [0.5, 0.6) is 5.75 Å². The first-order valence-electron chi connectivity index (χ1n) is 8.09. The van der Waals surface area contributed by atoms with Gasteiger partial charge in [-0.3, -0.25) is 0 Å². The van der Waals surface area contributed by atoms with Crippen molar-refractivity contribution in [1.29, 1.82) is 0 Å². The van der Waals surface area contributed by atoms with Gasteiger partial charge in [-0.1, -0.05) is 12.1 Å². The standard InChI is InChI=1S/C17H29N3O/c1-21-17-6-4-16(5-7-17)8-11-20-14-12-19(13-15-20)10-3-2-9-18/h4-7H,2-3,8-15,18H2,1H3. The van der Waals surface area contributed by atoms with E-state index in [2.05, 4.69) is 21.9 Å². The number of unbranched alkanes of at least 4 members (excludes halogenated alkanes) is 1. The molecule has 1 fully saturated rings. The van der Waals surface area contributed by atoms with Crippen molar-refractivity contribution >= 4 is 0 Å². The highest BCUT2D eigenvalue weighted by Crippen LogP contribution is 2.12. The third-order valence-corrected chi connectivity index (χ3v) is 4.27. The normalized spacial score (nSPS) is 17.0. The third kappa shape index (κ3) is 5.65. The highest BCUT2D eigenvalue weighted by Gasteiger charge is 2.15. The van der Waals surface area contributed by atoms with Gasteiger partial charge in [0.25, 0.3) is 0 Å². The van der Waals surface area contributed by atoms with Crippen molar-refractivity contribution in [3.8, 4) is 5.75 Å². The lowest BCUT2D eigenvalue weighted by Gasteiger charge is -2.34. The lowest BCUT2D eigenvalue weighted by Crippen LogP contribution is -2.47. The molecule has 0 spiro atoms. The summed E-state index contributed by atoms with van der Waals surface area (Å²) >= 11 is 0. The topological polar surface area (TPSA) is 41.7 Å². The van der Waals surface area contributed by atoms with E-state index >= 15 is 0 Å². The number of hydrogen-bond acceptors (Lipinski definition) is 4. The van der Waals surface area contributed by atoms with Crippen LogP contribution in [0.4, 0.5) is 0 Å². The van der Waals surface area contributed by atoms with Gasteiger partial charge in [0.05, 0.1) is 7.11 Å². The van der Waals surface area contributed by atoms with E-state index < -0.39 is 0 Å². The minimum absolute atomic E-state index is 0.821. The van der Waals surface area contributed by atoms with Gasteiger partial charge < -0.3 is 20.3 Å². The fraction of sp³-hybridized carbons (Fsp3) is 0.647. The Bertz CT molecular complexity index is 386. The molecule has 0 amide bonds. The van der Waals surface area contributed by atoms with Gasteiger partial charge in [0.15, 0.2) is 0 Å². The van der Waals surface area contributed by atoms with E-state index in [9.17, 15) is 0 Å². The summed E-state index contributed by atoms with van der Waals surface area (Å²) in [7, 11) is 1.71. The number of ether oxygens (including phenoxy) is 1. The summed E-state index contributed by atoms with van der Waals surface area (Å²) in [6.07, 6.45) is 3.51. The van der Waals surface area contributed by atoms with Crippen molar-refractivity contribution in [3.05, 3.63) is 29.8 Å². The van der Waals surface area contributed by atoms with Crippen LogP contribution in [-0.2, 0) is 6.42 Å². The molecule has 1 aliphatic rings. The van der Waals surface area contributed by atoms with Gasteiger partial charge in [-0.2, -0.15) is 0 Å². The molecule has 118 valence electrons. The Kier molecular flexibility index (Phi) is 7.00. The van der Waals surface area contributed by atoms with Crippen molar-refractivity contribution in [1.82, 2.24) is 9.80 Å². The van der Waals surface area contributed by atoms with Crippen LogP contribution in [0.1, 0.15) is 18.4 Å². The molecule has 0 atom stereocenters. The Morgan fingerprint density at radius 1 is 0.952 bits per heavy atom. The summed E-state index contributed by atoms with van der Waals surface area (Å²) in [6.45, 7) is 7.98. The van der Waals surface area contributed by atoms with Crippen molar-refractivity contribution < 1.29 is 4.74 Å². The van der Waals surface area contributed by atoms with Crippen LogP contribution in [0.15, 0.2) is 24.3 Å². The van der Waals surface area contributed by atoms with Crippen LogP contribution >= 0.6 is 0 Å². The first-order chi connectivity index (χ1) is 10.3. The molecule has 2 N–H and O–H groups in total. The average molecular weight is 291 g/mol. The minimum atomic E-state index is 0.821. The maximum Gasteiger partial charge on any atom is 0.118 e. The summed E-state index contributed by atoms with van der Waals surface area (Å²) in [5, 5.41) is 0. The fourth-order valence-electron chi connectivity index (χ4n) is 2.80. The molecule has 4 nitrogen and oxygen atoms in total. The van der Waals surface area contributed by atoms with Gasteiger partial charge in [-0.05, 0) is 50.0 Å². The molecule has 1 heterocycles. The Balaban J connectivity index is 1.64. The van der Waals surface area contributed by atoms with Crippen molar-refractivity contribution in [2.24, 2.45) is 5.73 Å². The first kappa shape index (κ1) is 16.3. The Morgan fingerprint density at radius 2 is 1.57 bits per heavy atom. The molecule has 4 heteroatoms. The van der Waals surface area contributed by atoms with E-state index in [0.717, 1.165) is 31.7 Å². The fourth-order valence-corrected chi connectivity index (χ4v) is 2.80. The lowest BCUT2D eigenvalue weighted by molar-refractivity contribution is 0.132. The number of methoxy groups -OCH3 is 1. The predicted molar refractivity (Wildman–Crippen MR) is 87.9 cm³/mol. The number of nitrogens with two attached hydrogens (primary N) is 1. The monoisotopic (exact) mass is 291 g/mol. The minimum Gasteiger partial charge on any atom is -0.497 e. The van der Waals surface area contributed by atoms with E-state index in [1.54, 1.807) is 7.11 Å². The molecular formula is C17H29N3O. The SMILES string of the molecule is COc1ccc(CCN2CCN(CCCCN)CC2)cc1. The smallest absolute Gasteiger partial charge is 0.118 e. The van der Waals surface area contributed by atoms with Crippen LogP contribution in [-0.4, -0.2) is 62.7 Å². The molecule has 0 radical (unpaired) electrons. The molecule has 0 bridgehead atoms. The summed E-state index contributed by atoms with van der Waals surface area (Å²) in [4.78, 5) is 5.14. The van der Waals surface area contributed by atoms with Gasteiger partial charge in [-0.25, -0.2) is 0 Å². The van der Waals surface area contributed by atoms with Crippen LogP contribution in [0.2, 0.25) is 0 Å². The Labute approximate surface area is 128 Å². The zero-order valence-electron chi connectivity index (χ0n) is 13.3. The number of nitrogens with zero attached hydrogens (tertiary/aromatic N) is 2. The second-order valence-corrected chi connectivity index (χ2v) is 5.78. The van der Waals surface area contributed by atoms with E-state index in [-0.39, 0.29) is 0 Å². The van der Waals surface area contributed by atoms with Gasteiger partial charge in [0, 0.05) is 32.7 Å². The Morgan fingerprint density at radius 3 is 2.14 bits per heavy atom. The van der Waals surface area contributed by atoms with Crippen LogP contribution in [0.25, 0.3) is 0 Å². The molecule has 1 aromatic carbocycles. The molecule has 0 saturated carbocycles. The zero-order chi connectivity index (χ0) is 14.9. The highest BCUT2D eigenvalue weighted by molar-refractivity contribution is 5.27. The molecule has 21 heavy (non-hydrogen) atoms. The number of piperazine rings is 1. The van der Waals surface area contributed by atoms with Crippen molar-refractivity contribution in [2.75, 3.05) is 52.9 Å². The number of benzene rings is 1. The van der Waals surface area contributed by atoms with Gasteiger partial charge in [-0.15, -0.1) is 0 Å². The quantitative estimate of drug-likeness (QED) is 0.739. The maximum atomic E-state index is 5.54. The van der Waals surface area contributed by atoms with E-state index in [4.69, 9.17) is 10.5 Å². The number of hydrogen-bond donors (Lipinski definition) is 1. The molecule has 0 aliphatic carbocycles. The van der Waals surface area contributed by atoms with Crippen molar-refractivity contribution in [2.45, 2.75) is 19.3 Å². The molecule has 0 aromatic heterocycles. The third-order valence-electron chi connectivity index (χ3n) is 4.27. The van der Waals surface area contributed by atoms with E-state index in [1.807, 2.05) is 12.1 Å². The Hall–Kier alpha value is -1.10. The van der Waals surface area contributed by atoms with Crippen LogP contribution in [0, 0.1) is 0 Å². The predicted octanol–water partition coefficient (Wildman–Crippen LogP) is 1.59. The van der Waals surface area contributed by atoms with Gasteiger partial charge in [0.2, 0.25) is 0 Å². The van der Waals surface area contributed by atoms with Gasteiger partial charge >= 0.3 is 0 Å². The van der Waals surface area contributed by atoms with Gasteiger partial charge in [0.1, 0.15) is 5.75 Å². The van der Waals surface area contributed by atoms with Crippen LogP contribution < -0.4 is 10.5 Å². The molecule has 1 aromatic rings. The highest BCUT2D eigenvalue weighted by atomic mass is 16.5. The molecule has 1 saturated heterocycles. The van der Waals surface area contributed by atoms with E-state index in [1.165, 1.54) is 44.7 Å². The van der Waals surface area contributed by atoms with Crippen LogP contribution in [0.3, 0.4) is 0 Å². The lowest BCUT2D eigenvalue weighted by atomic mass is 10.1. The zero-order valence-corrected chi connectivity index (χ0v) is 13.3. The van der Waals surface area contributed by atoms with E-state index in [0.29, 0.717) is 0 Å². The molecule has 2 rings (SSSR count). The van der Waals surface area contributed by atoms with Crippen molar-refractivity contribution in [3.63, 3.8) is 0 Å². The summed E-state index contributed by atoms with van der Waals surface area (Å²) < 4.78 is 5.19.